The van der Waals surface area contributed by atoms with Gasteiger partial charge in [0, 0.05) is 31.8 Å². The summed E-state index contributed by atoms with van der Waals surface area (Å²) in [6, 6.07) is 0. The Morgan fingerprint density at radius 2 is 1.75 bits per heavy atom. The molecule has 0 unspecified atom stereocenters. The highest BCUT2D eigenvalue weighted by Gasteiger charge is 2.40. The van der Waals surface area contributed by atoms with Gasteiger partial charge in [0.25, 0.3) is 0 Å². The Bertz CT molecular complexity index is 266. The molecule has 0 aromatic heterocycles. The van der Waals surface area contributed by atoms with Crippen molar-refractivity contribution in [3.8, 4) is 0 Å². The molecule has 0 amide bonds. The zero-order chi connectivity index (χ0) is 14.4. The van der Waals surface area contributed by atoms with Gasteiger partial charge in [-0.15, -0.1) is 0 Å². The summed E-state index contributed by atoms with van der Waals surface area (Å²) in [5.41, 5.74) is 6.52. The fourth-order valence-electron chi connectivity index (χ4n) is 4.29. The van der Waals surface area contributed by atoms with Gasteiger partial charge in [-0.25, -0.2) is 0 Å². The van der Waals surface area contributed by atoms with Crippen molar-refractivity contribution in [2.45, 2.75) is 76.9 Å². The molecule has 2 rings (SSSR count). The van der Waals surface area contributed by atoms with E-state index in [9.17, 15) is 0 Å². The molecule has 1 aliphatic heterocycles. The lowest BCUT2D eigenvalue weighted by Gasteiger charge is -2.50. The smallest absolute Gasteiger partial charge is 0.0599 e. The molecule has 1 heterocycles. The number of rotatable bonds is 6. The van der Waals surface area contributed by atoms with Crippen LogP contribution in [0.3, 0.4) is 0 Å². The topological polar surface area (TPSA) is 38.5 Å². The number of hydrogen-bond donors (Lipinski definition) is 1. The number of hydrogen-bond acceptors (Lipinski definition) is 3. The fraction of sp³-hybridized carbons (Fsp3) is 1.00. The van der Waals surface area contributed by atoms with Crippen LogP contribution < -0.4 is 5.73 Å². The van der Waals surface area contributed by atoms with E-state index in [0.717, 1.165) is 19.1 Å². The summed E-state index contributed by atoms with van der Waals surface area (Å²) < 4.78 is 5.78. The van der Waals surface area contributed by atoms with Crippen LogP contribution in [0.1, 0.15) is 65.2 Å². The maximum Gasteiger partial charge on any atom is 0.0599 e. The van der Waals surface area contributed by atoms with Crippen molar-refractivity contribution in [1.82, 2.24) is 4.90 Å². The fourth-order valence-corrected chi connectivity index (χ4v) is 4.29. The summed E-state index contributed by atoms with van der Waals surface area (Å²) in [7, 11) is 0. The van der Waals surface area contributed by atoms with Crippen molar-refractivity contribution >= 4 is 0 Å². The van der Waals surface area contributed by atoms with Crippen molar-refractivity contribution in [2.75, 3.05) is 26.2 Å². The Balaban J connectivity index is 1.86. The molecule has 2 aliphatic rings. The van der Waals surface area contributed by atoms with E-state index in [4.69, 9.17) is 10.5 Å². The minimum absolute atomic E-state index is 0.307. The molecule has 2 fully saturated rings. The Labute approximate surface area is 125 Å². The molecule has 0 spiro atoms. The van der Waals surface area contributed by atoms with Crippen LogP contribution in [0.5, 0.6) is 0 Å². The molecule has 0 atom stereocenters. The lowest BCUT2D eigenvalue weighted by molar-refractivity contribution is -0.0333. The van der Waals surface area contributed by atoms with E-state index in [1.165, 1.54) is 64.5 Å². The first-order valence-electron chi connectivity index (χ1n) is 8.80. The Kier molecular flexibility index (Phi) is 6.31. The molecule has 1 saturated heterocycles. The van der Waals surface area contributed by atoms with Gasteiger partial charge in [-0.2, -0.15) is 0 Å². The average Bonchev–Trinajstić information content (AvgIpc) is 2.50. The Hall–Kier alpha value is -0.120. The minimum atomic E-state index is 0.307. The first-order valence-corrected chi connectivity index (χ1v) is 8.80. The number of likely N-dealkylation sites (tertiary alicyclic amines) is 1. The summed E-state index contributed by atoms with van der Waals surface area (Å²) in [6.07, 6.45) is 11.0. The van der Waals surface area contributed by atoms with Gasteiger partial charge in [0.05, 0.1) is 6.10 Å². The van der Waals surface area contributed by atoms with Crippen molar-refractivity contribution in [3.63, 3.8) is 0 Å². The van der Waals surface area contributed by atoms with E-state index < -0.39 is 0 Å². The molecule has 0 bridgehead atoms. The van der Waals surface area contributed by atoms with Gasteiger partial charge in [-0.05, 0) is 51.4 Å². The number of ether oxygens (including phenoxy) is 1. The lowest BCUT2D eigenvalue weighted by Crippen LogP contribution is -2.58. The first kappa shape index (κ1) is 16.3. The molecular formula is C17H34N2O. The van der Waals surface area contributed by atoms with Gasteiger partial charge in [-0.3, -0.25) is 4.90 Å². The molecule has 0 radical (unpaired) electrons. The van der Waals surface area contributed by atoms with Crippen LogP contribution in [-0.4, -0.2) is 42.8 Å². The van der Waals surface area contributed by atoms with Crippen molar-refractivity contribution < 1.29 is 4.74 Å². The highest BCUT2D eigenvalue weighted by molar-refractivity contribution is 4.97. The second-order valence-electron chi connectivity index (χ2n) is 6.80. The number of nitrogens with zero attached hydrogens (tertiary/aromatic N) is 1. The van der Waals surface area contributed by atoms with E-state index >= 15 is 0 Å². The van der Waals surface area contributed by atoms with Gasteiger partial charge >= 0.3 is 0 Å². The van der Waals surface area contributed by atoms with Gasteiger partial charge in [-0.1, -0.05) is 19.8 Å². The highest BCUT2D eigenvalue weighted by atomic mass is 16.5. The zero-order valence-electron chi connectivity index (χ0n) is 13.6. The molecule has 118 valence electrons. The largest absolute Gasteiger partial charge is 0.378 e. The minimum Gasteiger partial charge on any atom is -0.378 e. The van der Waals surface area contributed by atoms with E-state index in [-0.39, 0.29) is 0 Å². The molecule has 2 N–H and O–H groups in total. The zero-order valence-corrected chi connectivity index (χ0v) is 13.6. The summed E-state index contributed by atoms with van der Waals surface area (Å²) >= 11 is 0. The van der Waals surface area contributed by atoms with E-state index in [1.54, 1.807) is 0 Å². The average molecular weight is 282 g/mol. The molecule has 1 aliphatic carbocycles. The maximum atomic E-state index is 6.21. The third kappa shape index (κ3) is 3.75. The van der Waals surface area contributed by atoms with Crippen LogP contribution in [-0.2, 0) is 4.74 Å². The molecule has 3 heteroatoms. The van der Waals surface area contributed by atoms with Crippen molar-refractivity contribution in [3.05, 3.63) is 0 Å². The molecular weight excluding hydrogens is 248 g/mol. The maximum absolute atomic E-state index is 6.21. The van der Waals surface area contributed by atoms with E-state index in [0.29, 0.717) is 11.6 Å². The van der Waals surface area contributed by atoms with Gasteiger partial charge in [0.15, 0.2) is 0 Å². The predicted octanol–water partition coefficient (Wildman–Crippen LogP) is 3.18. The van der Waals surface area contributed by atoms with Crippen LogP contribution in [0.15, 0.2) is 0 Å². The van der Waals surface area contributed by atoms with Crippen molar-refractivity contribution in [1.29, 1.82) is 0 Å². The van der Waals surface area contributed by atoms with Crippen LogP contribution in [0.2, 0.25) is 0 Å². The third-order valence-corrected chi connectivity index (χ3v) is 5.63. The van der Waals surface area contributed by atoms with Gasteiger partial charge in [0.1, 0.15) is 0 Å². The first-order chi connectivity index (χ1) is 9.74. The van der Waals surface area contributed by atoms with Crippen LogP contribution in [0.4, 0.5) is 0 Å². The second-order valence-corrected chi connectivity index (χ2v) is 6.80. The monoisotopic (exact) mass is 282 g/mol. The second kappa shape index (κ2) is 7.77. The summed E-state index contributed by atoms with van der Waals surface area (Å²) in [5.74, 6) is 0.959. The van der Waals surface area contributed by atoms with Gasteiger partial charge < -0.3 is 10.5 Å². The molecule has 1 saturated carbocycles. The molecule has 0 aromatic carbocycles. The molecule has 20 heavy (non-hydrogen) atoms. The van der Waals surface area contributed by atoms with Crippen molar-refractivity contribution in [2.24, 2.45) is 11.7 Å². The van der Waals surface area contributed by atoms with E-state index in [1.807, 2.05) is 0 Å². The quantitative estimate of drug-likeness (QED) is 0.813. The Morgan fingerprint density at radius 1 is 1.10 bits per heavy atom. The third-order valence-electron chi connectivity index (χ3n) is 5.63. The molecule has 0 aromatic rings. The standard InChI is InChI=1S/C17H34N2O/c1-3-5-15-6-10-17(14-18,11-7-15)19-12-8-16(9-13-19)20-4-2/h15-16H,3-14,18H2,1-2H3. The van der Waals surface area contributed by atoms with Crippen LogP contribution >= 0.6 is 0 Å². The Morgan fingerprint density at radius 3 is 2.25 bits per heavy atom. The normalized spacial score (nSPS) is 33.5. The van der Waals surface area contributed by atoms with Gasteiger partial charge in [0.2, 0.25) is 0 Å². The summed E-state index contributed by atoms with van der Waals surface area (Å²) in [5, 5.41) is 0. The highest BCUT2D eigenvalue weighted by Crippen LogP contribution is 2.39. The predicted molar refractivity (Wildman–Crippen MR) is 84.9 cm³/mol. The molecule has 3 nitrogen and oxygen atoms in total. The summed E-state index contributed by atoms with van der Waals surface area (Å²) in [6.45, 7) is 8.46. The number of piperidine rings is 1. The van der Waals surface area contributed by atoms with E-state index in [2.05, 4.69) is 18.7 Å². The van der Waals surface area contributed by atoms with Crippen LogP contribution in [0.25, 0.3) is 0 Å². The lowest BCUT2D eigenvalue weighted by atomic mass is 9.73. The SMILES string of the molecule is CCCC1CCC(CN)(N2CCC(OCC)CC2)CC1. The van der Waals surface area contributed by atoms with Crippen LogP contribution in [0, 0.1) is 5.92 Å². The summed E-state index contributed by atoms with van der Waals surface area (Å²) in [4.78, 5) is 2.70. The number of nitrogens with two attached hydrogens (primary N) is 1.